The van der Waals surface area contributed by atoms with Crippen LogP contribution in [0.3, 0.4) is 0 Å². The zero-order valence-electron chi connectivity index (χ0n) is 13.0. The van der Waals surface area contributed by atoms with E-state index in [0.717, 1.165) is 11.1 Å². The molecule has 6 heteroatoms. The van der Waals surface area contributed by atoms with Crippen LogP contribution in [0.15, 0.2) is 48.5 Å². The normalized spacial score (nSPS) is 15.9. The first-order valence-corrected chi connectivity index (χ1v) is 7.79. The highest BCUT2D eigenvalue weighted by atomic mass is 16.2. The van der Waals surface area contributed by atoms with E-state index in [9.17, 15) is 14.4 Å². The van der Waals surface area contributed by atoms with Gasteiger partial charge in [0.25, 0.3) is 11.8 Å². The average Bonchev–Trinajstić information content (AvgIpc) is 2.87. The van der Waals surface area contributed by atoms with Gasteiger partial charge in [0.05, 0.1) is 11.4 Å². The number of nitrogens with one attached hydrogen (secondary N) is 1. The number of benzene rings is 2. The van der Waals surface area contributed by atoms with Crippen molar-refractivity contribution in [2.45, 2.75) is 19.4 Å². The van der Waals surface area contributed by atoms with Gasteiger partial charge in [-0.25, -0.2) is 10.0 Å². The maximum absolute atomic E-state index is 12.8. The summed E-state index contributed by atoms with van der Waals surface area (Å²) in [6.07, 6.45) is 0.213. The van der Waals surface area contributed by atoms with Crippen molar-refractivity contribution < 1.29 is 14.4 Å². The fourth-order valence-corrected chi connectivity index (χ4v) is 3.16. The number of hydrazine groups is 1. The fraction of sp³-hybridized carbons (Fsp3) is 0.167. The predicted octanol–water partition coefficient (Wildman–Crippen LogP) is 1.86. The van der Waals surface area contributed by atoms with E-state index in [2.05, 4.69) is 5.32 Å². The molecule has 2 aromatic carbocycles. The van der Waals surface area contributed by atoms with Crippen molar-refractivity contribution in [1.29, 1.82) is 0 Å². The molecule has 0 spiro atoms. The number of fused-ring (bicyclic) bond motifs is 6. The van der Waals surface area contributed by atoms with Crippen molar-refractivity contribution in [3.05, 3.63) is 48.5 Å². The van der Waals surface area contributed by atoms with Crippen molar-refractivity contribution in [1.82, 2.24) is 5.32 Å². The van der Waals surface area contributed by atoms with Crippen molar-refractivity contribution in [3.63, 3.8) is 0 Å². The number of anilines is 2. The zero-order chi connectivity index (χ0) is 16.8. The topological polar surface area (TPSA) is 69.7 Å². The van der Waals surface area contributed by atoms with Gasteiger partial charge in [-0.2, -0.15) is 0 Å². The van der Waals surface area contributed by atoms with Gasteiger partial charge in [-0.15, -0.1) is 0 Å². The van der Waals surface area contributed by atoms with E-state index in [4.69, 9.17) is 0 Å². The van der Waals surface area contributed by atoms with Crippen LogP contribution in [0.5, 0.6) is 0 Å². The number of carbonyl (C=O) groups is 3. The van der Waals surface area contributed by atoms with E-state index >= 15 is 0 Å². The summed E-state index contributed by atoms with van der Waals surface area (Å²) in [7, 11) is 0. The molecule has 120 valence electrons. The lowest BCUT2D eigenvalue weighted by Crippen LogP contribution is -2.44. The first kappa shape index (κ1) is 14.4. The van der Waals surface area contributed by atoms with Crippen LogP contribution in [0.1, 0.15) is 13.3 Å². The Labute approximate surface area is 138 Å². The van der Waals surface area contributed by atoms with Crippen LogP contribution in [0.2, 0.25) is 0 Å². The highest BCUT2D eigenvalue weighted by Gasteiger charge is 2.50. The summed E-state index contributed by atoms with van der Waals surface area (Å²) >= 11 is 0. The summed E-state index contributed by atoms with van der Waals surface area (Å²) in [5.74, 6) is -1.21. The molecular weight excluding hydrogens is 306 g/mol. The van der Waals surface area contributed by atoms with Crippen molar-refractivity contribution >= 4 is 29.1 Å². The van der Waals surface area contributed by atoms with Crippen LogP contribution in [0, 0.1) is 0 Å². The Bertz CT molecular complexity index is 814. The van der Waals surface area contributed by atoms with Gasteiger partial charge in [0.1, 0.15) is 0 Å². The van der Waals surface area contributed by atoms with Gasteiger partial charge in [0.2, 0.25) is 5.91 Å². The Kier molecular flexibility index (Phi) is 3.13. The third kappa shape index (κ3) is 1.86. The molecule has 6 nitrogen and oxygen atoms in total. The largest absolute Gasteiger partial charge is 0.336 e. The molecule has 4 rings (SSSR count). The van der Waals surface area contributed by atoms with Gasteiger partial charge in [0.15, 0.2) is 6.04 Å². The minimum absolute atomic E-state index is 0.213. The summed E-state index contributed by atoms with van der Waals surface area (Å²) in [6.45, 7) is 1.68. The van der Waals surface area contributed by atoms with Crippen molar-refractivity contribution in [2.75, 3.05) is 10.0 Å². The molecule has 2 heterocycles. The van der Waals surface area contributed by atoms with E-state index < -0.39 is 17.9 Å². The van der Waals surface area contributed by atoms with E-state index in [1.54, 1.807) is 19.1 Å². The van der Waals surface area contributed by atoms with Crippen molar-refractivity contribution in [3.8, 4) is 11.1 Å². The minimum Gasteiger partial charge on any atom is -0.336 e. The number of hydrogen-bond donors (Lipinski definition) is 1. The first-order valence-electron chi connectivity index (χ1n) is 7.79. The van der Waals surface area contributed by atoms with E-state index in [1.807, 2.05) is 36.4 Å². The lowest BCUT2D eigenvalue weighted by molar-refractivity contribution is -0.130. The van der Waals surface area contributed by atoms with Crippen molar-refractivity contribution in [2.24, 2.45) is 0 Å². The third-order valence-electron chi connectivity index (χ3n) is 4.29. The van der Waals surface area contributed by atoms with Gasteiger partial charge in [-0.1, -0.05) is 43.3 Å². The molecule has 3 amide bonds. The van der Waals surface area contributed by atoms with Gasteiger partial charge in [0, 0.05) is 17.5 Å². The summed E-state index contributed by atoms with van der Waals surface area (Å²) in [5.41, 5.74) is 3.05. The minimum atomic E-state index is -1.18. The molecule has 24 heavy (non-hydrogen) atoms. The zero-order valence-corrected chi connectivity index (χ0v) is 13.0. The fourth-order valence-electron chi connectivity index (χ4n) is 3.16. The standard InChI is InChI=1S/C18H15N3O3/c1-2-15(22)19-16-17(23)20-13-9-5-3-7-11(13)12-8-4-6-10-14(12)21(20)18(16)24/h3-10,16H,2H2,1H3,(H,19,22). The quantitative estimate of drug-likeness (QED) is 0.858. The van der Waals surface area contributed by atoms with E-state index in [1.165, 1.54) is 10.0 Å². The second kappa shape index (κ2) is 5.19. The maximum atomic E-state index is 12.8. The smallest absolute Gasteiger partial charge is 0.278 e. The Morgan fingerprint density at radius 3 is 1.83 bits per heavy atom. The number of rotatable bonds is 2. The molecule has 0 aliphatic carbocycles. The molecule has 2 aliphatic heterocycles. The third-order valence-corrected chi connectivity index (χ3v) is 4.29. The van der Waals surface area contributed by atoms with Crippen LogP contribution < -0.4 is 15.3 Å². The second-order valence-electron chi connectivity index (χ2n) is 5.69. The SMILES string of the molecule is CCC(=O)NC1C(=O)N2c3ccccc3-c3ccccc3N2C1=O. The highest BCUT2D eigenvalue weighted by Crippen LogP contribution is 2.45. The Morgan fingerprint density at radius 1 is 0.917 bits per heavy atom. The summed E-state index contributed by atoms with van der Waals surface area (Å²) in [4.78, 5) is 37.3. The number of carbonyl (C=O) groups excluding carboxylic acids is 3. The van der Waals surface area contributed by atoms with Gasteiger partial charge in [-0.3, -0.25) is 14.4 Å². The molecule has 1 N–H and O–H groups in total. The monoisotopic (exact) mass is 321 g/mol. The summed E-state index contributed by atoms with van der Waals surface area (Å²) in [6, 6.07) is 13.7. The molecule has 1 fully saturated rings. The molecule has 0 radical (unpaired) electrons. The van der Waals surface area contributed by atoms with Gasteiger partial charge < -0.3 is 5.32 Å². The second-order valence-corrected chi connectivity index (χ2v) is 5.69. The van der Waals surface area contributed by atoms with Gasteiger partial charge in [-0.05, 0) is 12.1 Å². The van der Waals surface area contributed by atoms with E-state index in [-0.39, 0.29) is 12.3 Å². The summed E-state index contributed by atoms with van der Waals surface area (Å²) < 4.78 is 0. The molecular formula is C18H15N3O3. The van der Waals surface area contributed by atoms with Crippen LogP contribution in [0.25, 0.3) is 11.1 Å². The lowest BCUT2D eigenvalue weighted by Gasteiger charge is -2.35. The Morgan fingerprint density at radius 2 is 1.38 bits per heavy atom. The molecule has 1 saturated heterocycles. The maximum Gasteiger partial charge on any atom is 0.278 e. The van der Waals surface area contributed by atoms with Crippen LogP contribution in [-0.4, -0.2) is 23.8 Å². The summed E-state index contributed by atoms with van der Waals surface area (Å²) in [5, 5.41) is 5.25. The number of para-hydroxylation sites is 2. The number of amides is 3. The molecule has 0 atom stereocenters. The van der Waals surface area contributed by atoms with Crippen LogP contribution >= 0.6 is 0 Å². The van der Waals surface area contributed by atoms with E-state index in [0.29, 0.717) is 11.4 Å². The molecule has 2 aliphatic rings. The molecule has 2 aromatic rings. The lowest BCUT2D eigenvalue weighted by atomic mass is 9.99. The molecule has 0 bridgehead atoms. The van der Waals surface area contributed by atoms with Crippen LogP contribution in [-0.2, 0) is 14.4 Å². The van der Waals surface area contributed by atoms with Gasteiger partial charge >= 0.3 is 0 Å². The number of nitrogens with zero attached hydrogens (tertiary/aromatic N) is 2. The Hall–Kier alpha value is -3.15. The Balaban J connectivity index is 1.89. The highest BCUT2D eigenvalue weighted by molar-refractivity contribution is 6.29. The first-order chi connectivity index (χ1) is 11.6. The number of hydrogen-bond acceptors (Lipinski definition) is 3. The molecule has 0 aromatic heterocycles. The van der Waals surface area contributed by atoms with Crippen LogP contribution in [0.4, 0.5) is 11.4 Å². The average molecular weight is 321 g/mol. The predicted molar refractivity (Wildman–Crippen MR) is 89.1 cm³/mol. The molecule has 0 unspecified atom stereocenters. The molecule has 0 saturated carbocycles.